The first-order chi connectivity index (χ1) is 26.8. The third-order valence-electron chi connectivity index (χ3n) is 10.5. The maximum Gasteiger partial charge on any atom is 0.306 e. The van der Waals surface area contributed by atoms with E-state index in [1.54, 1.807) is 0 Å². The van der Waals surface area contributed by atoms with Crippen LogP contribution >= 0.6 is 11.8 Å². The van der Waals surface area contributed by atoms with E-state index < -0.39 is 6.29 Å². The van der Waals surface area contributed by atoms with Crippen LogP contribution in [0, 0.1) is 0 Å². The average molecular weight is 797 g/mol. The van der Waals surface area contributed by atoms with Crippen molar-refractivity contribution in [1.82, 2.24) is 9.80 Å². The number of aliphatic hydroxyl groups excluding tert-OH is 1. The number of carbonyl (C=O) groups is 2. The molecule has 0 aliphatic rings. The molecular weight excluding hydrogens is 705 g/mol. The Balaban J connectivity index is 4.37. The number of aliphatic hydroxyl groups is 1. The molecule has 7 nitrogen and oxygen atoms in total. The lowest BCUT2D eigenvalue weighted by Crippen LogP contribution is -2.30. The number of thioether (sulfide) groups is 1. The van der Waals surface area contributed by atoms with Crippen LogP contribution in [0.25, 0.3) is 0 Å². The monoisotopic (exact) mass is 797 g/mol. The van der Waals surface area contributed by atoms with Crippen molar-refractivity contribution in [1.29, 1.82) is 0 Å². The molecule has 1 amide bonds. The van der Waals surface area contributed by atoms with Crippen molar-refractivity contribution in [3.8, 4) is 0 Å². The van der Waals surface area contributed by atoms with Crippen LogP contribution in [0.1, 0.15) is 220 Å². The predicted molar refractivity (Wildman–Crippen MR) is 239 cm³/mol. The van der Waals surface area contributed by atoms with Crippen molar-refractivity contribution < 1.29 is 24.2 Å². The minimum atomic E-state index is -0.683. The van der Waals surface area contributed by atoms with Crippen LogP contribution in [0.3, 0.4) is 0 Å². The van der Waals surface area contributed by atoms with E-state index in [0.717, 1.165) is 109 Å². The summed E-state index contributed by atoms with van der Waals surface area (Å²) in [5.41, 5.74) is 0. The summed E-state index contributed by atoms with van der Waals surface area (Å²) in [4.78, 5) is 30.1. The molecule has 0 saturated heterocycles. The predicted octanol–water partition coefficient (Wildman–Crippen LogP) is 13.7. The summed E-state index contributed by atoms with van der Waals surface area (Å²) in [6.45, 7) is 9.76. The van der Waals surface area contributed by atoms with Crippen molar-refractivity contribution in [2.75, 3.05) is 46.1 Å². The highest BCUT2D eigenvalue weighted by Gasteiger charge is 2.16. The van der Waals surface area contributed by atoms with Crippen molar-refractivity contribution in [2.24, 2.45) is 0 Å². The second-order valence-electron chi connectivity index (χ2n) is 16.3. The number of rotatable bonds is 42. The van der Waals surface area contributed by atoms with Gasteiger partial charge in [-0.15, -0.1) is 0 Å². The van der Waals surface area contributed by atoms with Gasteiger partial charge in [0.1, 0.15) is 6.10 Å². The van der Waals surface area contributed by atoms with Gasteiger partial charge in [-0.25, -0.2) is 0 Å². The minimum absolute atomic E-state index is 0.00535. The van der Waals surface area contributed by atoms with Gasteiger partial charge in [-0.2, -0.15) is 0 Å². The summed E-state index contributed by atoms with van der Waals surface area (Å²) in [7, 11) is 4.10. The Bertz CT molecular complexity index is 841. The zero-order chi connectivity index (χ0) is 40.5. The number of esters is 1. The van der Waals surface area contributed by atoms with Crippen molar-refractivity contribution in [2.45, 2.75) is 232 Å². The summed E-state index contributed by atoms with van der Waals surface area (Å²) < 4.78 is 11.6. The molecule has 0 aliphatic heterocycles. The Morgan fingerprint density at radius 2 is 1.05 bits per heavy atom. The van der Waals surface area contributed by atoms with E-state index in [-0.39, 0.29) is 17.3 Å². The fraction of sp³-hybridized carbons (Fsp3) is 0.915. The topological polar surface area (TPSA) is 79.3 Å². The first kappa shape index (κ1) is 53.9. The third-order valence-corrected chi connectivity index (χ3v) is 11.4. The van der Waals surface area contributed by atoms with Crippen molar-refractivity contribution in [3.63, 3.8) is 0 Å². The van der Waals surface area contributed by atoms with Crippen LogP contribution < -0.4 is 0 Å². The van der Waals surface area contributed by atoms with Gasteiger partial charge in [0.15, 0.2) is 6.29 Å². The fourth-order valence-corrected chi connectivity index (χ4v) is 7.89. The molecule has 0 saturated carbocycles. The summed E-state index contributed by atoms with van der Waals surface area (Å²) >= 11 is 1.45. The number of hydrogen-bond donors (Lipinski definition) is 1. The van der Waals surface area contributed by atoms with Gasteiger partial charge in [0, 0.05) is 31.8 Å². The molecule has 8 heteroatoms. The molecule has 1 N–H and O–H groups in total. The smallest absolute Gasteiger partial charge is 0.306 e. The number of ether oxygens (including phenoxy) is 2. The molecule has 0 fully saturated rings. The highest BCUT2D eigenvalue weighted by molar-refractivity contribution is 8.13. The number of nitrogens with zero attached hydrogens (tertiary/aromatic N) is 2. The number of carbonyl (C=O) groups excluding carboxylic acids is 2. The molecule has 55 heavy (non-hydrogen) atoms. The molecule has 0 radical (unpaired) electrons. The average Bonchev–Trinajstić information content (AvgIpc) is 3.16. The van der Waals surface area contributed by atoms with Gasteiger partial charge in [-0.1, -0.05) is 167 Å². The molecule has 0 rings (SSSR count). The van der Waals surface area contributed by atoms with Gasteiger partial charge in [-0.3, -0.25) is 9.59 Å². The number of amides is 1. The Labute approximate surface area is 346 Å². The highest BCUT2D eigenvalue weighted by Crippen LogP contribution is 2.19. The van der Waals surface area contributed by atoms with Gasteiger partial charge in [0.05, 0.1) is 6.61 Å². The molecular formula is C47H92N2O5S. The number of hydrogen-bond acceptors (Lipinski definition) is 7. The number of unbranched alkanes of at least 4 members (excludes halogenated alkanes) is 22. The molecule has 0 bridgehead atoms. The minimum Gasteiger partial charge on any atom is -0.462 e. The van der Waals surface area contributed by atoms with Gasteiger partial charge >= 0.3 is 5.97 Å². The van der Waals surface area contributed by atoms with Gasteiger partial charge in [0.25, 0.3) is 5.24 Å². The largest absolute Gasteiger partial charge is 0.462 e. The van der Waals surface area contributed by atoms with Crippen LogP contribution in [-0.4, -0.2) is 84.6 Å². The third kappa shape index (κ3) is 39.5. The molecule has 0 spiro atoms. The van der Waals surface area contributed by atoms with E-state index in [1.165, 1.54) is 114 Å². The lowest BCUT2D eigenvalue weighted by atomic mass is 10.0. The van der Waals surface area contributed by atoms with Crippen LogP contribution in [-0.2, 0) is 14.3 Å². The molecule has 0 aromatic heterocycles. The van der Waals surface area contributed by atoms with E-state index in [1.807, 2.05) is 20.2 Å². The Hall–Kier alpha value is -1.09. The van der Waals surface area contributed by atoms with E-state index in [2.05, 4.69) is 36.6 Å². The second kappa shape index (κ2) is 42.5. The molecule has 1 unspecified atom stereocenters. The summed E-state index contributed by atoms with van der Waals surface area (Å²) in [5.74, 6) is 0.810. The van der Waals surface area contributed by atoms with Gasteiger partial charge < -0.3 is 24.4 Å². The van der Waals surface area contributed by atoms with Crippen LogP contribution in [0.2, 0.25) is 0 Å². The van der Waals surface area contributed by atoms with Crippen molar-refractivity contribution in [3.05, 3.63) is 12.2 Å². The van der Waals surface area contributed by atoms with Gasteiger partial charge in [-0.05, 0) is 84.7 Å². The van der Waals surface area contributed by atoms with E-state index in [4.69, 9.17) is 9.47 Å². The maximum atomic E-state index is 13.1. The number of allylic oxidation sites excluding steroid dienone is 1. The molecule has 0 aromatic carbocycles. The molecule has 0 aliphatic carbocycles. The molecule has 0 heterocycles. The summed E-state index contributed by atoms with van der Waals surface area (Å²) in [6.07, 6.45) is 38.7. The maximum absolute atomic E-state index is 13.1. The van der Waals surface area contributed by atoms with Crippen LogP contribution in [0.15, 0.2) is 12.2 Å². The standard InChI is InChI=1S/C47H92N2O5S/c1-6-9-12-15-18-27-34-42-53-45(50)37-30-23-19-25-32-39-49(47(52)55-43-41-48(4)5)40-33-26-20-24-31-38-46(51)54-44(35-28-21-16-13-10-7-2)36-29-22-17-14-11-8-3/h27,34,44-45,50H,6-26,28-33,35-43H2,1-5H3/b34-27-. The summed E-state index contributed by atoms with van der Waals surface area (Å²) in [5, 5.41) is 10.4. The van der Waals surface area contributed by atoms with Crippen LogP contribution in [0.4, 0.5) is 4.79 Å². The molecule has 0 aromatic rings. The van der Waals surface area contributed by atoms with E-state index in [0.29, 0.717) is 19.4 Å². The fourth-order valence-electron chi connectivity index (χ4n) is 6.89. The Morgan fingerprint density at radius 3 is 1.60 bits per heavy atom. The first-order valence-corrected chi connectivity index (χ1v) is 24.5. The molecule has 1 atom stereocenters. The Kier molecular flexibility index (Phi) is 41.7. The normalized spacial score (nSPS) is 12.4. The first-order valence-electron chi connectivity index (χ1n) is 23.5. The zero-order valence-corrected chi connectivity index (χ0v) is 38.0. The van der Waals surface area contributed by atoms with Crippen LogP contribution in [0.5, 0.6) is 0 Å². The van der Waals surface area contributed by atoms with Crippen molar-refractivity contribution >= 4 is 23.0 Å². The second-order valence-corrected chi connectivity index (χ2v) is 17.4. The lowest BCUT2D eigenvalue weighted by molar-refractivity contribution is -0.150. The quantitative estimate of drug-likeness (QED) is 0.0285. The highest BCUT2D eigenvalue weighted by atomic mass is 32.2. The zero-order valence-electron chi connectivity index (χ0n) is 37.1. The van der Waals surface area contributed by atoms with E-state index >= 15 is 0 Å². The van der Waals surface area contributed by atoms with E-state index in [9.17, 15) is 14.7 Å². The Morgan fingerprint density at radius 1 is 0.582 bits per heavy atom. The SMILES string of the molecule is CCCCCC/C=C\COC(O)CCCCCCCN(CCCCCCCC(=O)OC(CCCCCCCC)CCCCCCCC)C(=O)SCCN(C)C. The lowest BCUT2D eigenvalue weighted by Gasteiger charge is -2.23. The van der Waals surface area contributed by atoms with Gasteiger partial charge in [0.2, 0.25) is 0 Å². The summed E-state index contributed by atoms with van der Waals surface area (Å²) in [6, 6.07) is 0. The molecule has 326 valence electrons.